The van der Waals surface area contributed by atoms with Gasteiger partial charge in [0.25, 0.3) is 0 Å². The molecular formula is C19H18BrN3O3S. The van der Waals surface area contributed by atoms with Crippen LogP contribution in [0.25, 0.3) is 11.4 Å². The second kappa shape index (κ2) is 8.49. The number of hydrogen-bond donors (Lipinski definition) is 0. The van der Waals surface area contributed by atoms with Crippen molar-refractivity contribution in [1.82, 2.24) is 13.8 Å². The van der Waals surface area contributed by atoms with Gasteiger partial charge in [0.15, 0.2) is 17.3 Å². The summed E-state index contributed by atoms with van der Waals surface area (Å²) in [6, 6.07) is 13.5. The normalized spacial score (nSPS) is 10.5. The predicted octanol–water partition coefficient (Wildman–Crippen LogP) is 4.09. The summed E-state index contributed by atoms with van der Waals surface area (Å²) in [5.41, 5.74) is 1.77. The van der Waals surface area contributed by atoms with Gasteiger partial charge in [-0.05, 0) is 17.7 Å². The van der Waals surface area contributed by atoms with Gasteiger partial charge in [-0.25, -0.2) is 3.59 Å². The van der Waals surface area contributed by atoms with E-state index in [1.165, 1.54) is 0 Å². The second-order valence-electron chi connectivity index (χ2n) is 5.60. The number of thiocarbonyl (C=S) groups is 1. The Hall–Kier alpha value is -2.45. The third kappa shape index (κ3) is 3.96. The van der Waals surface area contributed by atoms with Crippen LogP contribution in [0.4, 0.5) is 0 Å². The summed E-state index contributed by atoms with van der Waals surface area (Å²) in [5, 5.41) is 8.57. The van der Waals surface area contributed by atoms with Gasteiger partial charge in [-0.1, -0.05) is 42.5 Å². The number of rotatable bonds is 7. The zero-order valence-corrected chi connectivity index (χ0v) is 17.5. The van der Waals surface area contributed by atoms with E-state index in [1.54, 1.807) is 24.9 Å². The first-order chi connectivity index (χ1) is 13.1. The zero-order valence-electron chi connectivity index (χ0n) is 15.1. The molecule has 6 nitrogen and oxygen atoms in total. The van der Waals surface area contributed by atoms with Gasteiger partial charge in [-0.2, -0.15) is 0 Å². The zero-order chi connectivity index (χ0) is 19.4. The Morgan fingerprint density at radius 2 is 1.63 bits per heavy atom. The first-order valence-corrected chi connectivity index (χ1v) is 9.19. The molecule has 0 amide bonds. The summed E-state index contributed by atoms with van der Waals surface area (Å²) < 4.78 is 17.9. The Morgan fingerprint density at radius 3 is 2.19 bits per heavy atom. The number of hydrogen-bond acceptors (Lipinski definition) is 6. The number of ether oxygens (including phenoxy) is 3. The highest BCUT2D eigenvalue weighted by atomic mass is 79.9. The van der Waals surface area contributed by atoms with Gasteiger partial charge < -0.3 is 14.2 Å². The molecule has 0 aliphatic heterocycles. The summed E-state index contributed by atoms with van der Waals surface area (Å²) in [6.07, 6.45) is 0.488. The van der Waals surface area contributed by atoms with Crippen LogP contribution < -0.4 is 14.2 Å². The van der Waals surface area contributed by atoms with Gasteiger partial charge >= 0.3 is 0 Å². The van der Waals surface area contributed by atoms with Crippen molar-refractivity contribution in [2.45, 2.75) is 6.42 Å². The topological polar surface area (TPSA) is 58.4 Å². The van der Waals surface area contributed by atoms with E-state index in [9.17, 15) is 0 Å². The van der Waals surface area contributed by atoms with Crippen molar-refractivity contribution in [2.75, 3.05) is 21.3 Å². The third-order valence-corrected chi connectivity index (χ3v) is 5.14. The lowest BCUT2D eigenvalue weighted by Crippen LogP contribution is -2.05. The molecule has 0 unspecified atom stereocenters. The summed E-state index contributed by atoms with van der Waals surface area (Å²) in [6.45, 7) is 0. The van der Waals surface area contributed by atoms with Crippen molar-refractivity contribution < 1.29 is 14.2 Å². The lowest BCUT2D eigenvalue weighted by atomic mass is 10.1. The Labute approximate surface area is 171 Å². The molecule has 3 rings (SSSR count). The maximum Gasteiger partial charge on any atom is 0.203 e. The fourth-order valence-corrected chi connectivity index (χ4v) is 3.40. The van der Waals surface area contributed by atoms with E-state index in [-0.39, 0.29) is 0 Å². The van der Waals surface area contributed by atoms with E-state index in [4.69, 9.17) is 26.4 Å². The molecule has 0 aliphatic carbocycles. The SMILES string of the molecule is COc1cc(-c2nnc(CC(=S)c3ccccc3)n2Br)cc(OC)c1OC. The van der Waals surface area contributed by atoms with E-state index in [1.807, 2.05) is 42.5 Å². The van der Waals surface area contributed by atoms with Gasteiger partial charge in [0.2, 0.25) is 5.75 Å². The molecule has 0 saturated heterocycles. The fourth-order valence-electron chi connectivity index (χ4n) is 2.66. The van der Waals surface area contributed by atoms with Crippen LogP contribution in [0.2, 0.25) is 0 Å². The molecule has 0 N–H and O–H groups in total. The number of halogens is 1. The molecule has 2 aromatic carbocycles. The predicted molar refractivity (Wildman–Crippen MR) is 111 cm³/mol. The molecule has 0 bridgehead atoms. The van der Waals surface area contributed by atoms with Crippen LogP contribution in [0.1, 0.15) is 11.4 Å². The standard InChI is InChI=1S/C19H18BrN3O3S/c1-24-14-9-13(10-15(25-2)18(14)26-3)19-22-21-17(23(19)20)11-16(27)12-7-5-4-6-8-12/h4-10H,11H2,1-3H3. The Kier molecular flexibility index (Phi) is 6.08. The van der Waals surface area contributed by atoms with Crippen molar-refractivity contribution in [3.05, 3.63) is 53.9 Å². The Bertz CT molecular complexity index is 935. The monoisotopic (exact) mass is 447 g/mol. The molecule has 3 aromatic rings. The van der Waals surface area contributed by atoms with Gasteiger partial charge in [-0.15, -0.1) is 10.2 Å². The molecule has 0 saturated carbocycles. The fraction of sp³-hybridized carbons (Fsp3) is 0.211. The van der Waals surface area contributed by atoms with Crippen molar-refractivity contribution in [1.29, 1.82) is 0 Å². The molecule has 8 heteroatoms. The highest BCUT2D eigenvalue weighted by Gasteiger charge is 2.19. The number of methoxy groups -OCH3 is 3. The van der Waals surface area contributed by atoms with Crippen molar-refractivity contribution in [3.8, 4) is 28.6 Å². The smallest absolute Gasteiger partial charge is 0.203 e. The number of aromatic nitrogens is 3. The molecule has 0 fully saturated rings. The molecule has 1 aromatic heterocycles. The van der Waals surface area contributed by atoms with Crippen LogP contribution in [0.15, 0.2) is 42.5 Å². The van der Waals surface area contributed by atoms with Crippen molar-refractivity contribution in [2.24, 2.45) is 0 Å². The van der Waals surface area contributed by atoms with Crippen LogP contribution in [-0.4, -0.2) is 40.0 Å². The first kappa shape index (κ1) is 19.3. The highest BCUT2D eigenvalue weighted by molar-refractivity contribution is 9.08. The minimum Gasteiger partial charge on any atom is -0.493 e. The Morgan fingerprint density at radius 1 is 1.00 bits per heavy atom. The van der Waals surface area contributed by atoms with E-state index >= 15 is 0 Å². The van der Waals surface area contributed by atoms with Crippen LogP contribution in [0.5, 0.6) is 17.2 Å². The molecule has 0 aliphatic rings. The second-order valence-corrected chi connectivity index (χ2v) is 6.80. The molecule has 27 heavy (non-hydrogen) atoms. The van der Waals surface area contributed by atoms with Gasteiger partial charge in [-0.3, -0.25) is 0 Å². The van der Waals surface area contributed by atoms with E-state index in [0.29, 0.717) is 35.3 Å². The van der Waals surface area contributed by atoms with E-state index < -0.39 is 0 Å². The minimum absolute atomic E-state index is 0.488. The Balaban J connectivity index is 1.94. The van der Waals surface area contributed by atoms with Crippen LogP contribution in [0, 0.1) is 0 Å². The van der Waals surface area contributed by atoms with Gasteiger partial charge in [0.05, 0.1) is 37.5 Å². The molecule has 0 radical (unpaired) electrons. The van der Waals surface area contributed by atoms with E-state index in [0.717, 1.165) is 16.0 Å². The number of nitrogens with zero attached hydrogens (tertiary/aromatic N) is 3. The summed E-state index contributed by atoms with van der Waals surface area (Å²) in [7, 11) is 4.71. The number of benzene rings is 2. The van der Waals surface area contributed by atoms with Gasteiger partial charge in [0, 0.05) is 16.8 Å². The average Bonchev–Trinajstić information content (AvgIpc) is 3.07. The minimum atomic E-state index is 0.488. The van der Waals surface area contributed by atoms with Crippen molar-refractivity contribution in [3.63, 3.8) is 0 Å². The van der Waals surface area contributed by atoms with Crippen LogP contribution in [-0.2, 0) is 6.42 Å². The van der Waals surface area contributed by atoms with Gasteiger partial charge in [0.1, 0.15) is 5.82 Å². The summed E-state index contributed by atoms with van der Waals surface area (Å²) in [4.78, 5) is 0.792. The molecule has 140 valence electrons. The molecule has 1 heterocycles. The largest absolute Gasteiger partial charge is 0.493 e. The third-order valence-electron chi connectivity index (χ3n) is 4.01. The first-order valence-electron chi connectivity index (χ1n) is 8.08. The highest BCUT2D eigenvalue weighted by Crippen LogP contribution is 2.41. The molecular weight excluding hydrogens is 430 g/mol. The lowest BCUT2D eigenvalue weighted by Gasteiger charge is -2.13. The maximum absolute atomic E-state index is 5.54. The average molecular weight is 448 g/mol. The maximum atomic E-state index is 5.54. The van der Waals surface area contributed by atoms with E-state index in [2.05, 4.69) is 26.3 Å². The molecule has 0 atom stereocenters. The van der Waals surface area contributed by atoms with Crippen LogP contribution in [0.3, 0.4) is 0 Å². The summed E-state index contributed by atoms with van der Waals surface area (Å²) >= 11 is 9.08. The molecule has 0 spiro atoms. The summed E-state index contributed by atoms with van der Waals surface area (Å²) in [5.74, 6) is 2.93. The van der Waals surface area contributed by atoms with Crippen molar-refractivity contribution >= 4 is 33.2 Å². The van der Waals surface area contributed by atoms with Crippen LogP contribution >= 0.6 is 28.4 Å². The lowest BCUT2D eigenvalue weighted by molar-refractivity contribution is 0.324. The quantitative estimate of drug-likeness (QED) is 0.401.